The molecule has 0 aromatic rings. The van der Waals surface area contributed by atoms with Crippen molar-refractivity contribution in [1.82, 2.24) is 5.32 Å². The van der Waals surface area contributed by atoms with Gasteiger partial charge in [0.05, 0.1) is 30.0 Å². The van der Waals surface area contributed by atoms with E-state index < -0.39 is 29.7 Å². The first-order valence-corrected chi connectivity index (χ1v) is 6.42. The van der Waals surface area contributed by atoms with Gasteiger partial charge in [-0.15, -0.1) is 0 Å². The Labute approximate surface area is 115 Å². The molecule has 9 heteroatoms. The van der Waals surface area contributed by atoms with Crippen molar-refractivity contribution in [2.75, 3.05) is 18.5 Å². The molecule has 1 fully saturated rings. The number of hydrogen-bond donors (Lipinski definition) is 1. The molecule has 0 aromatic carbocycles. The van der Waals surface area contributed by atoms with Gasteiger partial charge in [-0.1, -0.05) is 15.9 Å². The molecule has 0 aliphatic carbocycles. The predicted octanol–water partition coefficient (Wildman–Crippen LogP) is 1.37. The van der Waals surface area contributed by atoms with Gasteiger partial charge in [-0.25, -0.2) is 8.78 Å². The molecule has 2 unspecified atom stereocenters. The van der Waals surface area contributed by atoms with Gasteiger partial charge in [0.25, 0.3) is 5.91 Å². The lowest BCUT2D eigenvalue weighted by molar-refractivity contribution is -0.170. The lowest BCUT2D eigenvalue weighted by atomic mass is 9.81. The minimum Gasteiger partial charge on any atom is -0.378 e. The van der Waals surface area contributed by atoms with Crippen LogP contribution in [0.2, 0.25) is 0 Å². The van der Waals surface area contributed by atoms with Crippen molar-refractivity contribution < 1.29 is 31.9 Å². The van der Waals surface area contributed by atoms with Crippen LogP contribution < -0.4 is 5.32 Å². The van der Waals surface area contributed by atoms with Gasteiger partial charge in [-0.05, 0) is 6.92 Å². The summed E-state index contributed by atoms with van der Waals surface area (Å²) in [4.78, 5) is 22.8. The van der Waals surface area contributed by atoms with E-state index in [0.717, 1.165) is 0 Å². The summed E-state index contributed by atoms with van der Waals surface area (Å²) < 4.78 is 54.7. The van der Waals surface area contributed by atoms with E-state index in [1.165, 1.54) is 6.92 Å². The van der Waals surface area contributed by atoms with E-state index >= 15 is 0 Å². The van der Waals surface area contributed by atoms with E-state index in [2.05, 4.69) is 15.9 Å². The van der Waals surface area contributed by atoms with Crippen LogP contribution in [0, 0.1) is 5.41 Å². The monoisotopic (exact) mass is 349 g/mol. The summed E-state index contributed by atoms with van der Waals surface area (Å²) in [6.45, 7) is 1.18. The second kappa shape index (κ2) is 5.74. The first-order valence-electron chi connectivity index (χ1n) is 5.30. The highest BCUT2D eigenvalue weighted by Crippen LogP contribution is 2.31. The molecular formula is C10H12BrF4NO3. The number of alkyl halides is 5. The second-order valence-corrected chi connectivity index (χ2v) is 5.00. The highest BCUT2D eigenvalue weighted by Gasteiger charge is 2.53. The molecule has 0 saturated carbocycles. The number of amides is 1. The Hall–Kier alpha value is -0.700. The smallest absolute Gasteiger partial charge is 0.378 e. The summed E-state index contributed by atoms with van der Waals surface area (Å²) in [5.41, 5.74) is -1.21. The van der Waals surface area contributed by atoms with Crippen LogP contribution >= 0.6 is 15.9 Å². The van der Waals surface area contributed by atoms with Crippen molar-refractivity contribution >= 4 is 27.6 Å². The number of hydrogen-bond acceptors (Lipinski definition) is 3. The fourth-order valence-electron chi connectivity index (χ4n) is 1.66. The average Bonchev–Trinajstić information content (AvgIpc) is 2.70. The van der Waals surface area contributed by atoms with Gasteiger partial charge in [0.2, 0.25) is 0 Å². The first-order chi connectivity index (χ1) is 8.66. The molecule has 1 heterocycles. The lowest BCUT2D eigenvalue weighted by Crippen LogP contribution is -2.55. The quantitative estimate of drug-likeness (QED) is 0.602. The molecule has 1 N–H and O–H groups in total. The molecule has 1 aliphatic heterocycles. The molecule has 19 heavy (non-hydrogen) atoms. The van der Waals surface area contributed by atoms with Crippen LogP contribution in [-0.4, -0.2) is 48.6 Å². The molecule has 1 rings (SSSR count). The first kappa shape index (κ1) is 16.4. The number of carbonyl (C=O) groups excluding carboxylic acids is 2. The number of nitrogens with one attached hydrogen (secondary N) is 1. The number of ether oxygens (including phenoxy) is 1. The van der Waals surface area contributed by atoms with Crippen LogP contribution in [0.5, 0.6) is 0 Å². The Balaban J connectivity index is 2.82. The highest BCUT2D eigenvalue weighted by molar-refractivity contribution is 9.09. The average molecular weight is 350 g/mol. The second-order valence-electron chi connectivity index (χ2n) is 4.44. The van der Waals surface area contributed by atoms with Crippen LogP contribution in [0.4, 0.5) is 17.6 Å². The molecule has 0 bridgehead atoms. The largest absolute Gasteiger partial charge is 0.383 e. The van der Waals surface area contributed by atoms with Gasteiger partial charge < -0.3 is 10.1 Å². The Morgan fingerprint density at radius 2 is 2.11 bits per heavy atom. The highest BCUT2D eigenvalue weighted by atomic mass is 79.9. The summed E-state index contributed by atoms with van der Waals surface area (Å²) in [5, 5.41) is 1.72. The number of Topliss-reactive ketones (excluding diaryl/α,β-unsaturated/α-hetero) is 1. The van der Waals surface area contributed by atoms with E-state index in [0.29, 0.717) is 0 Å². The molecule has 110 valence electrons. The van der Waals surface area contributed by atoms with Crippen LogP contribution in [0.15, 0.2) is 0 Å². The SMILES string of the molecule is CC1(C(=O)CBr)COCC1NC(=O)C(F)(F)C(F)F. The summed E-state index contributed by atoms with van der Waals surface area (Å²) in [6.07, 6.45) is -4.10. The third-order valence-electron chi connectivity index (χ3n) is 3.10. The maximum Gasteiger partial charge on any atom is 0.383 e. The predicted molar refractivity (Wildman–Crippen MR) is 60.6 cm³/mol. The van der Waals surface area contributed by atoms with Gasteiger partial charge in [0.15, 0.2) is 5.78 Å². The van der Waals surface area contributed by atoms with E-state index in [1.54, 1.807) is 5.32 Å². The zero-order valence-corrected chi connectivity index (χ0v) is 11.5. The molecule has 1 amide bonds. The number of ketones is 1. The van der Waals surface area contributed by atoms with E-state index in [9.17, 15) is 27.2 Å². The summed E-state index contributed by atoms with van der Waals surface area (Å²) in [6, 6.07) is -1.06. The van der Waals surface area contributed by atoms with Crippen molar-refractivity contribution in [1.29, 1.82) is 0 Å². The van der Waals surface area contributed by atoms with Gasteiger partial charge in [-0.2, -0.15) is 8.78 Å². The third-order valence-corrected chi connectivity index (χ3v) is 3.61. The molecule has 0 radical (unpaired) electrons. The Kier molecular flexibility index (Phi) is 4.94. The minimum absolute atomic E-state index is 0.0511. The normalized spacial score (nSPS) is 27.6. The molecule has 0 aromatic heterocycles. The van der Waals surface area contributed by atoms with E-state index in [-0.39, 0.29) is 24.3 Å². The molecule has 4 nitrogen and oxygen atoms in total. The van der Waals surface area contributed by atoms with Crippen molar-refractivity contribution in [3.63, 3.8) is 0 Å². The third kappa shape index (κ3) is 3.07. The fraction of sp³-hybridized carbons (Fsp3) is 0.800. The molecule has 2 atom stereocenters. The van der Waals surface area contributed by atoms with Crippen LogP contribution in [0.3, 0.4) is 0 Å². The standard InChI is InChI=1S/C10H12BrF4NO3/c1-9(6(17)2-11)4-19-3-5(9)16-8(18)10(14,15)7(12)13/h5,7H,2-4H2,1H3,(H,16,18). The number of carbonyl (C=O) groups is 2. The lowest BCUT2D eigenvalue weighted by Gasteiger charge is -2.29. The maximum atomic E-state index is 12.8. The number of halogens is 5. The zero-order valence-electron chi connectivity index (χ0n) is 9.89. The minimum atomic E-state index is -4.79. The fourth-order valence-corrected chi connectivity index (χ4v) is 2.30. The topological polar surface area (TPSA) is 55.4 Å². The zero-order chi connectivity index (χ0) is 14.8. The summed E-state index contributed by atoms with van der Waals surface area (Å²) in [7, 11) is 0. The van der Waals surface area contributed by atoms with Gasteiger partial charge in [0, 0.05) is 0 Å². The van der Waals surface area contributed by atoms with Crippen molar-refractivity contribution in [3.05, 3.63) is 0 Å². The van der Waals surface area contributed by atoms with E-state index in [1.807, 2.05) is 0 Å². The molecular weight excluding hydrogens is 338 g/mol. The van der Waals surface area contributed by atoms with Gasteiger partial charge in [-0.3, -0.25) is 9.59 Å². The molecule has 1 aliphatic rings. The Morgan fingerprint density at radius 1 is 1.53 bits per heavy atom. The summed E-state index contributed by atoms with van der Waals surface area (Å²) >= 11 is 2.93. The molecule has 0 spiro atoms. The van der Waals surface area contributed by atoms with Crippen LogP contribution in [-0.2, 0) is 14.3 Å². The van der Waals surface area contributed by atoms with E-state index in [4.69, 9.17) is 4.74 Å². The summed E-state index contributed by atoms with van der Waals surface area (Å²) in [5.74, 6) is -7.26. The Bertz CT molecular complexity index is 380. The molecule has 1 saturated heterocycles. The van der Waals surface area contributed by atoms with Crippen molar-refractivity contribution in [3.8, 4) is 0 Å². The number of rotatable bonds is 5. The van der Waals surface area contributed by atoms with Crippen molar-refractivity contribution in [2.45, 2.75) is 25.3 Å². The van der Waals surface area contributed by atoms with Gasteiger partial charge >= 0.3 is 12.3 Å². The Morgan fingerprint density at radius 3 is 2.58 bits per heavy atom. The van der Waals surface area contributed by atoms with Gasteiger partial charge in [0.1, 0.15) is 0 Å². The van der Waals surface area contributed by atoms with Crippen LogP contribution in [0.25, 0.3) is 0 Å². The van der Waals surface area contributed by atoms with Crippen LogP contribution in [0.1, 0.15) is 6.92 Å². The van der Waals surface area contributed by atoms with Crippen molar-refractivity contribution in [2.24, 2.45) is 5.41 Å². The maximum absolute atomic E-state index is 12.8.